The van der Waals surface area contributed by atoms with Crippen molar-refractivity contribution in [3.8, 4) is 16.8 Å². The van der Waals surface area contributed by atoms with Crippen LogP contribution in [0.3, 0.4) is 0 Å². The number of fused-ring (bicyclic) bond motifs is 1. The molecule has 5 aromatic rings. The number of aromatic nitrogens is 4. The van der Waals surface area contributed by atoms with Crippen LogP contribution in [0.2, 0.25) is 0 Å². The van der Waals surface area contributed by atoms with Crippen molar-refractivity contribution in [2.24, 2.45) is 0 Å². The summed E-state index contributed by atoms with van der Waals surface area (Å²) >= 11 is 0. The fraction of sp³-hybridized carbons (Fsp3) is 0.179. The van der Waals surface area contributed by atoms with E-state index < -0.39 is 0 Å². The molecule has 0 N–H and O–H groups in total. The molecule has 33 heavy (non-hydrogen) atoms. The summed E-state index contributed by atoms with van der Waals surface area (Å²) in [6.07, 6.45) is 4.06. The highest BCUT2D eigenvalue weighted by atomic mass is 16.1. The van der Waals surface area contributed by atoms with Gasteiger partial charge in [-0.2, -0.15) is 5.10 Å². The fourth-order valence-electron chi connectivity index (χ4n) is 4.75. The minimum Gasteiger partial charge on any atom is -0.303 e. The predicted molar refractivity (Wildman–Crippen MR) is 131 cm³/mol. The number of nitrogens with zero attached hydrogens (tertiary/aromatic N) is 4. The van der Waals surface area contributed by atoms with E-state index in [-0.39, 0.29) is 12.2 Å². The van der Waals surface area contributed by atoms with Crippen molar-refractivity contribution in [2.45, 2.75) is 34.1 Å². The van der Waals surface area contributed by atoms with Crippen LogP contribution in [0.15, 0.2) is 73.1 Å². The van der Waals surface area contributed by atoms with Gasteiger partial charge in [0.2, 0.25) is 0 Å². The number of imidazole rings is 1. The molecule has 5 nitrogen and oxygen atoms in total. The summed E-state index contributed by atoms with van der Waals surface area (Å²) in [5, 5.41) is 4.64. The normalized spacial score (nSPS) is 11.3. The van der Waals surface area contributed by atoms with E-state index in [4.69, 9.17) is 4.98 Å². The number of benzene rings is 2. The Hall–Kier alpha value is -3.99. The van der Waals surface area contributed by atoms with Gasteiger partial charge in [0.15, 0.2) is 5.78 Å². The Labute approximate surface area is 193 Å². The molecule has 3 heterocycles. The van der Waals surface area contributed by atoms with Crippen LogP contribution in [-0.2, 0) is 6.42 Å². The molecule has 3 aromatic heterocycles. The largest absolute Gasteiger partial charge is 0.303 e. The SMILES string of the molecule is Cc1cccc(C)c1-c1cccn2c(CC(=O)c3c(C)nn(-c4ccccc4)c3C)cnc12. The molecule has 0 bridgehead atoms. The molecule has 0 amide bonds. The summed E-state index contributed by atoms with van der Waals surface area (Å²) in [5.74, 6) is 0.0476. The van der Waals surface area contributed by atoms with Crippen molar-refractivity contribution >= 4 is 11.4 Å². The lowest BCUT2D eigenvalue weighted by molar-refractivity contribution is 0.0990. The molecule has 0 unspecified atom stereocenters. The van der Waals surface area contributed by atoms with Crippen LogP contribution in [-0.4, -0.2) is 24.9 Å². The summed E-state index contributed by atoms with van der Waals surface area (Å²) in [4.78, 5) is 18.1. The second kappa shape index (κ2) is 8.17. The summed E-state index contributed by atoms with van der Waals surface area (Å²) in [7, 11) is 0. The van der Waals surface area contributed by atoms with Gasteiger partial charge in [-0.1, -0.05) is 36.4 Å². The van der Waals surface area contributed by atoms with Gasteiger partial charge in [0.1, 0.15) is 5.65 Å². The first-order valence-electron chi connectivity index (χ1n) is 11.1. The third-order valence-corrected chi connectivity index (χ3v) is 6.28. The monoisotopic (exact) mass is 434 g/mol. The summed E-state index contributed by atoms with van der Waals surface area (Å²) < 4.78 is 3.88. The lowest BCUT2D eigenvalue weighted by Gasteiger charge is -2.11. The maximum atomic E-state index is 13.4. The molecule has 0 radical (unpaired) electrons. The molecule has 2 aromatic carbocycles. The number of rotatable bonds is 5. The number of hydrogen-bond donors (Lipinski definition) is 0. The first-order chi connectivity index (χ1) is 16.0. The molecule has 0 aliphatic rings. The van der Waals surface area contributed by atoms with E-state index in [0.29, 0.717) is 5.56 Å². The maximum absolute atomic E-state index is 13.4. The van der Waals surface area contributed by atoms with Crippen molar-refractivity contribution in [3.63, 3.8) is 0 Å². The first-order valence-corrected chi connectivity index (χ1v) is 11.1. The van der Waals surface area contributed by atoms with E-state index >= 15 is 0 Å². The van der Waals surface area contributed by atoms with Crippen LogP contribution in [0.25, 0.3) is 22.5 Å². The smallest absolute Gasteiger partial charge is 0.172 e. The van der Waals surface area contributed by atoms with Crippen molar-refractivity contribution in [1.29, 1.82) is 0 Å². The van der Waals surface area contributed by atoms with Crippen LogP contribution < -0.4 is 0 Å². The molecule has 0 aliphatic heterocycles. The van der Waals surface area contributed by atoms with Gasteiger partial charge >= 0.3 is 0 Å². The van der Waals surface area contributed by atoms with Crippen LogP contribution in [0.4, 0.5) is 0 Å². The highest BCUT2D eigenvalue weighted by Crippen LogP contribution is 2.31. The number of Topliss-reactive ketones (excluding diaryl/α,β-unsaturated/α-hetero) is 1. The number of para-hydroxylation sites is 1. The van der Waals surface area contributed by atoms with Crippen LogP contribution in [0, 0.1) is 27.7 Å². The summed E-state index contributed by atoms with van der Waals surface area (Å²) in [5.41, 5.74) is 9.66. The summed E-state index contributed by atoms with van der Waals surface area (Å²) in [6.45, 7) is 8.09. The van der Waals surface area contributed by atoms with Gasteiger partial charge < -0.3 is 4.40 Å². The second-order valence-corrected chi connectivity index (χ2v) is 8.52. The van der Waals surface area contributed by atoms with Crippen molar-refractivity contribution < 1.29 is 4.79 Å². The zero-order valence-electron chi connectivity index (χ0n) is 19.3. The topological polar surface area (TPSA) is 52.2 Å². The second-order valence-electron chi connectivity index (χ2n) is 8.52. The van der Waals surface area contributed by atoms with E-state index in [1.807, 2.05) is 71.7 Å². The fourth-order valence-corrected chi connectivity index (χ4v) is 4.75. The van der Waals surface area contributed by atoms with E-state index in [0.717, 1.165) is 34.0 Å². The van der Waals surface area contributed by atoms with Gasteiger partial charge in [-0.05, 0) is 68.7 Å². The van der Waals surface area contributed by atoms with E-state index in [9.17, 15) is 4.79 Å². The molecule has 5 heteroatoms. The Morgan fingerprint density at radius 1 is 0.879 bits per heavy atom. The van der Waals surface area contributed by atoms with Gasteiger partial charge in [-0.3, -0.25) is 4.79 Å². The van der Waals surface area contributed by atoms with E-state index in [1.54, 1.807) is 0 Å². The van der Waals surface area contributed by atoms with Crippen LogP contribution in [0.1, 0.15) is 38.6 Å². The van der Waals surface area contributed by atoms with E-state index in [1.165, 1.54) is 16.7 Å². The molecule has 5 rings (SSSR count). The number of carbonyl (C=O) groups is 1. The van der Waals surface area contributed by atoms with Gasteiger partial charge in [0.05, 0.1) is 34.8 Å². The van der Waals surface area contributed by atoms with Crippen LogP contribution >= 0.6 is 0 Å². The number of pyridine rings is 1. The molecular formula is C28H26N4O. The van der Waals surface area contributed by atoms with Gasteiger partial charge in [-0.25, -0.2) is 9.67 Å². The van der Waals surface area contributed by atoms with E-state index in [2.05, 4.69) is 43.2 Å². The Morgan fingerprint density at radius 3 is 2.33 bits per heavy atom. The Bertz CT molecular complexity index is 1470. The number of hydrogen-bond acceptors (Lipinski definition) is 3. The quantitative estimate of drug-likeness (QED) is 0.326. The molecule has 0 saturated carbocycles. The zero-order chi connectivity index (χ0) is 23.1. The first kappa shape index (κ1) is 20.9. The average Bonchev–Trinajstić information content (AvgIpc) is 3.34. The highest BCUT2D eigenvalue weighted by Gasteiger charge is 2.21. The van der Waals surface area contributed by atoms with Crippen molar-refractivity contribution in [1.82, 2.24) is 19.2 Å². The number of ketones is 1. The van der Waals surface area contributed by atoms with Gasteiger partial charge in [0.25, 0.3) is 0 Å². The summed E-state index contributed by atoms with van der Waals surface area (Å²) in [6, 6.07) is 20.3. The third kappa shape index (κ3) is 3.55. The average molecular weight is 435 g/mol. The predicted octanol–water partition coefficient (Wildman–Crippen LogP) is 5.85. The molecule has 0 aliphatic carbocycles. The third-order valence-electron chi connectivity index (χ3n) is 6.28. The Morgan fingerprint density at radius 2 is 1.61 bits per heavy atom. The highest BCUT2D eigenvalue weighted by molar-refractivity contribution is 5.99. The lowest BCUT2D eigenvalue weighted by atomic mass is 9.96. The number of aryl methyl sites for hydroxylation is 3. The zero-order valence-corrected chi connectivity index (χ0v) is 19.3. The van der Waals surface area contributed by atoms with Crippen LogP contribution in [0.5, 0.6) is 0 Å². The van der Waals surface area contributed by atoms with Gasteiger partial charge in [-0.15, -0.1) is 0 Å². The molecule has 0 fully saturated rings. The molecule has 0 spiro atoms. The molecule has 0 saturated heterocycles. The minimum absolute atomic E-state index is 0.0476. The number of carbonyl (C=O) groups excluding carboxylic acids is 1. The Kier molecular flexibility index (Phi) is 5.17. The molecule has 0 atom stereocenters. The maximum Gasteiger partial charge on any atom is 0.172 e. The molecule has 164 valence electrons. The lowest BCUT2D eigenvalue weighted by Crippen LogP contribution is -2.09. The van der Waals surface area contributed by atoms with Gasteiger partial charge in [0, 0.05) is 18.0 Å². The standard InChI is InChI=1S/C28H26N4O/c1-18-10-8-11-19(2)26(18)24-14-9-15-31-23(17-29-28(24)31)16-25(33)27-20(3)30-32(21(27)4)22-12-6-5-7-13-22/h5-15,17H,16H2,1-4H3. The minimum atomic E-state index is 0.0476. The van der Waals surface area contributed by atoms with Crippen molar-refractivity contribution in [2.75, 3.05) is 0 Å². The Balaban J connectivity index is 1.53. The van der Waals surface area contributed by atoms with Crippen molar-refractivity contribution in [3.05, 3.63) is 107 Å². The molecular weight excluding hydrogens is 408 g/mol.